The molecule has 0 aliphatic rings. The van der Waals surface area contributed by atoms with E-state index in [1.807, 2.05) is 0 Å². The Morgan fingerprint density at radius 3 is 2.43 bits per heavy atom. The van der Waals surface area contributed by atoms with Crippen LogP contribution in [0.3, 0.4) is 0 Å². The summed E-state index contributed by atoms with van der Waals surface area (Å²) in [4.78, 5) is 10.7. The van der Waals surface area contributed by atoms with Gasteiger partial charge in [-0.15, -0.1) is 0 Å². The Bertz CT molecular complexity index is 319. The molecule has 1 unspecified atom stereocenters. The monoisotopic (exact) mass is 224 g/mol. The summed E-state index contributed by atoms with van der Waals surface area (Å²) in [6, 6.07) is 0. The second-order valence-electron chi connectivity index (χ2n) is 2.56. The van der Waals surface area contributed by atoms with Crippen molar-refractivity contribution in [3.63, 3.8) is 0 Å². The molecule has 0 saturated heterocycles. The van der Waals surface area contributed by atoms with Crippen molar-refractivity contribution in [2.24, 2.45) is 0 Å². The molecule has 0 rings (SSSR count). The highest BCUT2D eigenvalue weighted by Gasteiger charge is 2.43. The first-order chi connectivity index (χ1) is 6.27. The van der Waals surface area contributed by atoms with Gasteiger partial charge in [-0.1, -0.05) is 13.5 Å². The summed E-state index contributed by atoms with van der Waals surface area (Å²) >= 11 is 0. The van der Waals surface area contributed by atoms with E-state index < -0.39 is 27.6 Å². The van der Waals surface area contributed by atoms with Crippen LogP contribution in [0.5, 0.6) is 0 Å². The highest BCUT2D eigenvalue weighted by molar-refractivity contribution is 7.86. The number of ether oxygens (including phenoxy) is 1. The molecule has 82 valence electrons. The number of hydrogen-bond donors (Lipinski definition) is 2. The van der Waals surface area contributed by atoms with Gasteiger partial charge in [-0.3, -0.25) is 4.55 Å². The third kappa shape index (κ3) is 3.09. The Morgan fingerprint density at radius 2 is 2.14 bits per heavy atom. The van der Waals surface area contributed by atoms with Crippen LogP contribution in [0.25, 0.3) is 0 Å². The van der Waals surface area contributed by atoms with E-state index >= 15 is 0 Å². The fourth-order valence-electron chi connectivity index (χ4n) is 0.747. The van der Waals surface area contributed by atoms with Crippen LogP contribution in [-0.2, 0) is 19.6 Å². The minimum atomic E-state index is -4.87. The van der Waals surface area contributed by atoms with Crippen LogP contribution in [-0.4, -0.2) is 29.2 Å². The smallest absolute Gasteiger partial charge is 0.340 e. The van der Waals surface area contributed by atoms with Gasteiger partial charge in [0.1, 0.15) is 0 Å². The zero-order chi connectivity index (χ0) is 11.4. The number of hydrogen-bond acceptors (Lipinski definition) is 5. The van der Waals surface area contributed by atoms with Crippen molar-refractivity contribution in [1.29, 1.82) is 0 Å². The van der Waals surface area contributed by atoms with Crippen molar-refractivity contribution < 1.29 is 27.6 Å². The third-order valence-electron chi connectivity index (χ3n) is 1.40. The van der Waals surface area contributed by atoms with E-state index in [9.17, 15) is 18.3 Å². The van der Waals surface area contributed by atoms with E-state index in [2.05, 4.69) is 11.3 Å². The lowest BCUT2D eigenvalue weighted by Gasteiger charge is -2.22. The molecule has 0 fully saturated rings. The molecule has 14 heavy (non-hydrogen) atoms. The van der Waals surface area contributed by atoms with E-state index in [0.29, 0.717) is 6.08 Å². The Labute approximate surface area is 81.9 Å². The van der Waals surface area contributed by atoms with E-state index in [1.165, 1.54) is 0 Å². The van der Waals surface area contributed by atoms with E-state index in [0.717, 1.165) is 0 Å². The summed E-state index contributed by atoms with van der Waals surface area (Å²) in [6.07, 6.45) is 0.484. The molecule has 1 atom stereocenters. The van der Waals surface area contributed by atoms with Gasteiger partial charge in [0.15, 0.2) is 0 Å². The minimum absolute atomic E-state index is 0.209. The van der Waals surface area contributed by atoms with Gasteiger partial charge >= 0.3 is 21.2 Å². The number of aliphatic hydroxyl groups is 1. The lowest BCUT2D eigenvalue weighted by atomic mass is 10.3. The van der Waals surface area contributed by atoms with Crippen molar-refractivity contribution in [2.45, 2.75) is 24.9 Å². The molecule has 0 radical (unpaired) electrons. The summed E-state index contributed by atoms with van der Waals surface area (Å²) in [7, 11) is -4.87. The van der Waals surface area contributed by atoms with Crippen LogP contribution >= 0.6 is 0 Å². The quantitative estimate of drug-likeness (QED) is 0.296. The van der Waals surface area contributed by atoms with Crippen molar-refractivity contribution in [3.8, 4) is 0 Å². The van der Waals surface area contributed by atoms with Gasteiger partial charge in [0.25, 0.3) is 0 Å². The first-order valence-corrected chi connectivity index (χ1v) is 5.25. The second-order valence-corrected chi connectivity index (χ2v) is 4.15. The van der Waals surface area contributed by atoms with E-state index in [4.69, 9.17) is 4.55 Å². The van der Waals surface area contributed by atoms with Crippen LogP contribution in [0.15, 0.2) is 12.7 Å². The number of rotatable bonds is 5. The molecule has 0 aromatic rings. The standard InChI is InChI=1S/C7H12O6S/c1-3-5-7(9,14(10,11)12)13-6(8)4-2/h4,9H,2-3,5H2,1H3,(H,10,11,12). The fourth-order valence-corrected chi connectivity index (χ4v) is 1.40. The molecular weight excluding hydrogens is 212 g/mol. The maximum Gasteiger partial charge on any atom is 0.340 e. The van der Waals surface area contributed by atoms with Crippen LogP contribution in [0.4, 0.5) is 0 Å². The number of carbonyl (C=O) groups excluding carboxylic acids is 1. The number of carbonyl (C=O) groups is 1. The molecule has 0 spiro atoms. The molecule has 0 aliphatic heterocycles. The average Bonchev–Trinajstić information content (AvgIpc) is 2.02. The highest BCUT2D eigenvalue weighted by atomic mass is 32.2. The normalized spacial score (nSPS) is 15.6. The lowest BCUT2D eigenvalue weighted by molar-refractivity contribution is -0.176. The molecule has 2 N–H and O–H groups in total. The molecule has 0 aromatic heterocycles. The molecule has 0 aliphatic carbocycles. The SMILES string of the molecule is C=CC(=O)OC(O)(CCC)S(=O)(=O)O. The Balaban J connectivity index is 4.92. The van der Waals surface area contributed by atoms with Crippen molar-refractivity contribution in [3.05, 3.63) is 12.7 Å². The zero-order valence-electron chi connectivity index (χ0n) is 7.63. The van der Waals surface area contributed by atoms with Gasteiger partial charge in [-0.05, 0) is 6.42 Å². The average molecular weight is 224 g/mol. The predicted octanol–water partition coefficient (Wildman–Crippen LogP) is 0.0496. The largest absolute Gasteiger partial charge is 0.413 e. The maximum atomic E-state index is 10.7. The van der Waals surface area contributed by atoms with Gasteiger partial charge in [0.05, 0.1) is 0 Å². The molecule has 7 heteroatoms. The summed E-state index contributed by atoms with van der Waals surface area (Å²) in [6.45, 7) is 4.58. The van der Waals surface area contributed by atoms with Gasteiger partial charge < -0.3 is 9.84 Å². The zero-order valence-corrected chi connectivity index (χ0v) is 8.45. The third-order valence-corrected chi connectivity index (χ3v) is 2.49. The van der Waals surface area contributed by atoms with Crippen LogP contribution in [0.2, 0.25) is 0 Å². The van der Waals surface area contributed by atoms with Crippen molar-refractivity contribution in [1.82, 2.24) is 0 Å². The molecular formula is C7H12O6S. The van der Waals surface area contributed by atoms with Gasteiger partial charge in [0, 0.05) is 12.5 Å². The Kier molecular flexibility index (Phi) is 4.24. The predicted molar refractivity (Wildman–Crippen MR) is 47.7 cm³/mol. The highest BCUT2D eigenvalue weighted by Crippen LogP contribution is 2.21. The molecule has 0 amide bonds. The van der Waals surface area contributed by atoms with Crippen LogP contribution < -0.4 is 0 Å². The van der Waals surface area contributed by atoms with Crippen LogP contribution in [0, 0.1) is 0 Å². The van der Waals surface area contributed by atoms with Gasteiger partial charge in [0.2, 0.25) is 0 Å². The van der Waals surface area contributed by atoms with Crippen molar-refractivity contribution >= 4 is 16.1 Å². The van der Waals surface area contributed by atoms with Crippen LogP contribution in [0.1, 0.15) is 19.8 Å². The second kappa shape index (κ2) is 4.54. The Hall–Kier alpha value is -0.920. The van der Waals surface area contributed by atoms with E-state index in [1.54, 1.807) is 6.92 Å². The minimum Gasteiger partial charge on any atom is -0.413 e. The number of esters is 1. The van der Waals surface area contributed by atoms with Gasteiger partial charge in [-0.25, -0.2) is 4.79 Å². The lowest BCUT2D eigenvalue weighted by Crippen LogP contribution is -2.42. The molecule has 0 aromatic carbocycles. The first kappa shape index (κ1) is 13.1. The molecule has 0 heterocycles. The molecule has 0 saturated carbocycles. The molecule has 6 nitrogen and oxygen atoms in total. The topological polar surface area (TPSA) is 101 Å². The summed E-state index contributed by atoms with van der Waals surface area (Å²) in [5.41, 5.74) is 0. The fraction of sp³-hybridized carbons (Fsp3) is 0.571. The molecule has 0 bridgehead atoms. The van der Waals surface area contributed by atoms with Crippen molar-refractivity contribution in [2.75, 3.05) is 0 Å². The summed E-state index contributed by atoms with van der Waals surface area (Å²) in [5.74, 6) is -1.13. The Morgan fingerprint density at radius 1 is 1.64 bits per heavy atom. The van der Waals surface area contributed by atoms with E-state index in [-0.39, 0.29) is 6.42 Å². The maximum absolute atomic E-state index is 10.7. The summed E-state index contributed by atoms with van der Waals surface area (Å²) in [5, 5.41) is 6.44. The first-order valence-electron chi connectivity index (χ1n) is 3.81. The summed E-state index contributed by atoms with van der Waals surface area (Å²) < 4.78 is 34.2. The van der Waals surface area contributed by atoms with Gasteiger partial charge in [-0.2, -0.15) is 8.42 Å².